The number of hydrogen-bond acceptors (Lipinski definition) is 6. The molecule has 28 heavy (non-hydrogen) atoms. The van der Waals surface area contributed by atoms with Crippen LogP contribution in [0.15, 0.2) is 55.1 Å². The number of ether oxygens (including phenoxy) is 1. The maximum absolute atomic E-state index is 12.9. The molecule has 0 N–H and O–H groups in total. The third kappa shape index (κ3) is 4.08. The summed E-state index contributed by atoms with van der Waals surface area (Å²) in [5.41, 5.74) is 0. The van der Waals surface area contributed by atoms with Crippen molar-refractivity contribution in [2.45, 2.75) is 0 Å². The van der Waals surface area contributed by atoms with E-state index >= 15 is 0 Å². The smallest absolute Gasteiger partial charge is 0.260 e. The van der Waals surface area contributed by atoms with Gasteiger partial charge < -0.3 is 14.5 Å². The van der Waals surface area contributed by atoms with E-state index in [0.717, 1.165) is 5.82 Å². The van der Waals surface area contributed by atoms with Crippen LogP contribution < -0.4 is 9.64 Å². The summed E-state index contributed by atoms with van der Waals surface area (Å²) in [7, 11) is 0. The van der Waals surface area contributed by atoms with Gasteiger partial charge in [0, 0.05) is 38.6 Å². The summed E-state index contributed by atoms with van der Waals surface area (Å²) in [6, 6.07) is 9.42. The number of benzene rings is 1. The van der Waals surface area contributed by atoms with Crippen LogP contribution in [0.3, 0.4) is 0 Å². The second-order valence-corrected chi connectivity index (χ2v) is 6.33. The molecular weight excluding hydrogens is 363 g/mol. The Morgan fingerprint density at radius 2 is 1.71 bits per heavy atom. The zero-order valence-corrected chi connectivity index (χ0v) is 15.1. The van der Waals surface area contributed by atoms with Crippen LogP contribution in [0.1, 0.15) is 0 Å². The van der Waals surface area contributed by atoms with Gasteiger partial charge >= 0.3 is 0 Å². The average molecular weight is 382 g/mol. The Labute approximate surface area is 161 Å². The molecule has 0 radical (unpaired) electrons. The fourth-order valence-electron chi connectivity index (χ4n) is 2.97. The minimum atomic E-state index is -0.337. The summed E-state index contributed by atoms with van der Waals surface area (Å²) in [5.74, 6) is 1.52. The van der Waals surface area contributed by atoms with Gasteiger partial charge in [-0.15, -0.1) is 10.2 Å². The van der Waals surface area contributed by atoms with E-state index in [4.69, 9.17) is 4.74 Å². The molecule has 1 fully saturated rings. The monoisotopic (exact) mass is 382 g/mol. The first kappa shape index (κ1) is 17.9. The van der Waals surface area contributed by atoms with Crippen LogP contribution in [0.2, 0.25) is 0 Å². The van der Waals surface area contributed by atoms with Crippen molar-refractivity contribution >= 4 is 11.7 Å². The molecule has 0 atom stereocenters. The zero-order valence-electron chi connectivity index (χ0n) is 15.1. The quantitative estimate of drug-likeness (QED) is 0.666. The summed E-state index contributed by atoms with van der Waals surface area (Å²) in [6.07, 6.45) is 5.16. The first-order chi connectivity index (χ1) is 13.7. The average Bonchev–Trinajstić information content (AvgIpc) is 3.28. The second-order valence-electron chi connectivity index (χ2n) is 6.33. The van der Waals surface area contributed by atoms with Crippen LogP contribution in [-0.4, -0.2) is 63.3 Å². The van der Waals surface area contributed by atoms with E-state index < -0.39 is 0 Å². The fourth-order valence-corrected chi connectivity index (χ4v) is 2.97. The summed E-state index contributed by atoms with van der Waals surface area (Å²) in [4.78, 5) is 20.2. The van der Waals surface area contributed by atoms with Crippen molar-refractivity contribution in [3.05, 3.63) is 60.9 Å². The van der Waals surface area contributed by atoms with E-state index in [-0.39, 0.29) is 18.3 Å². The molecule has 8 nitrogen and oxygen atoms in total. The molecule has 2 aromatic heterocycles. The Kier molecular flexibility index (Phi) is 5.14. The third-order valence-corrected chi connectivity index (χ3v) is 4.54. The van der Waals surface area contributed by atoms with Crippen LogP contribution in [0.4, 0.5) is 10.2 Å². The first-order valence-electron chi connectivity index (χ1n) is 8.92. The number of rotatable bonds is 5. The van der Waals surface area contributed by atoms with Crippen LogP contribution in [0.5, 0.6) is 5.75 Å². The number of piperazine rings is 1. The molecule has 0 spiro atoms. The van der Waals surface area contributed by atoms with E-state index in [2.05, 4.69) is 20.1 Å². The van der Waals surface area contributed by atoms with E-state index in [9.17, 15) is 9.18 Å². The van der Waals surface area contributed by atoms with Crippen LogP contribution >= 0.6 is 0 Å². The molecule has 1 aromatic carbocycles. The highest BCUT2D eigenvalue weighted by Gasteiger charge is 2.22. The summed E-state index contributed by atoms with van der Waals surface area (Å²) in [6.45, 7) is 2.43. The second kappa shape index (κ2) is 8.03. The Morgan fingerprint density at radius 1 is 1.00 bits per heavy atom. The molecule has 9 heteroatoms. The number of amides is 1. The molecule has 3 heterocycles. The van der Waals surface area contributed by atoms with E-state index in [1.54, 1.807) is 22.0 Å². The molecule has 0 bridgehead atoms. The fraction of sp³-hybridized carbons (Fsp3) is 0.263. The number of carbonyl (C=O) groups is 1. The largest absolute Gasteiger partial charge is 0.484 e. The van der Waals surface area contributed by atoms with E-state index in [1.807, 2.05) is 18.3 Å². The van der Waals surface area contributed by atoms with Gasteiger partial charge in [0.25, 0.3) is 5.91 Å². The van der Waals surface area contributed by atoms with Crippen molar-refractivity contribution in [3.63, 3.8) is 0 Å². The Balaban J connectivity index is 1.28. The number of anilines is 1. The molecule has 1 aliphatic rings. The van der Waals surface area contributed by atoms with Gasteiger partial charge in [-0.05, 0) is 36.4 Å². The molecule has 4 rings (SSSR count). The highest BCUT2D eigenvalue weighted by Crippen LogP contribution is 2.15. The standard InChI is InChI=1S/C19H19FN6O2/c20-15-1-3-16(4-2-15)28-13-19(27)25-11-9-24(10-12-25)17-5-6-18(23-22-17)26-8-7-21-14-26/h1-8,14H,9-13H2. The number of halogens is 1. The van der Waals surface area contributed by atoms with Gasteiger partial charge in [-0.1, -0.05) is 0 Å². The van der Waals surface area contributed by atoms with Gasteiger partial charge in [-0.25, -0.2) is 9.37 Å². The Morgan fingerprint density at radius 3 is 2.36 bits per heavy atom. The predicted octanol–water partition coefficient (Wildman–Crippen LogP) is 1.53. The minimum absolute atomic E-state index is 0.0644. The van der Waals surface area contributed by atoms with Crippen molar-refractivity contribution in [1.29, 1.82) is 0 Å². The lowest BCUT2D eigenvalue weighted by Crippen LogP contribution is -2.50. The number of hydrogen-bond donors (Lipinski definition) is 0. The van der Waals surface area contributed by atoms with Crippen LogP contribution in [0.25, 0.3) is 5.82 Å². The van der Waals surface area contributed by atoms with Crippen molar-refractivity contribution in [2.75, 3.05) is 37.7 Å². The topological polar surface area (TPSA) is 76.4 Å². The molecule has 1 saturated heterocycles. The highest BCUT2D eigenvalue weighted by molar-refractivity contribution is 5.78. The van der Waals surface area contributed by atoms with Crippen molar-refractivity contribution < 1.29 is 13.9 Å². The zero-order chi connectivity index (χ0) is 19.3. The highest BCUT2D eigenvalue weighted by atomic mass is 19.1. The molecule has 0 saturated carbocycles. The predicted molar refractivity (Wildman–Crippen MR) is 99.8 cm³/mol. The van der Waals surface area contributed by atoms with Crippen LogP contribution in [0, 0.1) is 5.82 Å². The van der Waals surface area contributed by atoms with Crippen molar-refractivity contribution in [1.82, 2.24) is 24.6 Å². The van der Waals surface area contributed by atoms with Gasteiger partial charge in [-0.2, -0.15) is 0 Å². The van der Waals surface area contributed by atoms with E-state index in [1.165, 1.54) is 24.3 Å². The lowest BCUT2D eigenvalue weighted by molar-refractivity contribution is -0.133. The molecule has 0 unspecified atom stereocenters. The Hall–Kier alpha value is -3.49. The lowest BCUT2D eigenvalue weighted by atomic mass is 10.3. The normalized spacial score (nSPS) is 14.2. The maximum atomic E-state index is 12.9. The third-order valence-electron chi connectivity index (χ3n) is 4.54. The summed E-state index contributed by atoms with van der Waals surface area (Å²) >= 11 is 0. The van der Waals surface area contributed by atoms with E-state index in [0.29, 0.717) is 37.7 Å². The number of nitrogens with zero attached hydrogens (tertiary/aromatic N) is 6. The van der Waals surface area contributed by atoms with Crippen molar-refractivity contribution in [2.24, 2.45) is 0 Å². The van der Waals surface area contributed by atoms with Gasteiger partial charge in [0.05, 0.1) is 0 Å². The number of aromatic nitrogens is 4. The molecule has 1 amide bonds. The lowest BCUT2D eigenvalue weighted by Gasteiger charge is -2.35. The molecular formula is C19H19FN6O2. The van der Waals surface area contributed by atoms with Gasteiger partial charge in [0.2, 0.25) is 0 Å². The number of carbonyl (C=O) groups excluding carboxylic acids is 1. The van der Waals surface area contributed by atoms with Crippen LogP contribution in [-0.2, 0) is 4.79 Å². The maximum Gasteiger partial charge on any atom is 0.260 e. The van der Waals surface area contributed by atoms with Gasteiger partial charge in [0.15, 0.2) is 18.2 Å². The van der Waals surface area contributed by atoms with Gasteiger partial charge in [-0.3, -0.25) is 9.36 Å². The molecule has 3 aromatic rings. The van der Waals surface area contributed by atoms with Gasteiger partial charge in [0.1, 0.15) is 17.9 Å². The minimum Gasteiger partial charge on any atom is -0.484 e. The molecule has 0 aliphatic carbocycles. The summed E-state index contributed by atoms with van der Waals surface area (Å²) < 4.78 is 20.1. The first-order valence-corrected chi connectivity index (χ1v) is 8.92. The van der Waals surface area contributed by atoms with Crippen molar-refractivity contribution in [3.8, 4) is 11.6 Å². The summed E-state index contributed by atoms with van der Waals surface area (Å²) in [5, 5.41) is 8.50. The molecule has 144 valence electrons. The Bertz CT molecular complexity index is 907. The SMILES string of the molecule is O=C(COc1ccc(F)cc1)N1CCN(c2ccc(-n3ccnc3)nn2)CC1. The number of imidazole rings is 1. The molecule has 1 aliphatic heterocycles.